The van der Waals surface area contributed by atoms with E-state index in [4.69, 9.17) is 9.47 Å². The number of nitrogens with zero attached hydrogens (tertiary/aromatic N) is 4. The smallest absolute Gasteiger partial charge is 0.328 e. The molecule has 0 fully saturated rings. The molecule has 1 unspecified atom stereocenters. The van der Waals surface area contributed by atoms with Gasteiger partial charge in [-0.1, -0.05) is 6.07 Å². The summed E-state index contributed by atoms with van der Waals surface area (Å²) >= 11 is 0. The number of aromatic nitrogens is 4. The van der Waals surface area contributed by atoms with Crippen molar-refractivity contribution in [2.45, 2.75) is 45.9 Å². The van der Waals surface area contributed by atoms with E-state index in [1.54, 1.807) is 24.0 Å². The quantitative estimate of drug-likeness (QED) is 0.675. The SMILES string of the molecule is COc1ncc(-c2ccc3c(c2)c(C(C)O)nn3CC(=O)OC(C)(C)C)cn1. The lowest BCUT2D eigenvalue weighted by atomic mass is 10.0. The number of aliphatic hydroxyl groups excluding tert-OH is 1. The minimum absolute atomic E-state index is 0.0362. The first-order chi connectivity index (χ1) is 13.2. The molecule has 0 radical (unpaired) electrons. The highest BCUT2D eigenvalue weighted by molar-refractivity contribution is 5.88. The number of carbonyl (C=O) groups is 1. The Morgan fingerprint density at radius 3 is 2.46 bits per heavy atom. The van der Waals surface area contributed by atoms with Crippen molar-refractivity contribution in [3.8, 4) is 17.1 Å². The zero-order valence-corrected chi connectivity index (χ0v) is 16.6. The van der Waals surface area contributed by atoms with E-state index in [0.29, 0.717) is 11.7 Å². The lowest BCUT2D eigenvalue weighted by molar-refractivity contribution is -0.155. The van der Waals surface area contributed by atoms with Crippen molar-refractivity contribution in [2.75, 3.05) is 7.11 Å². The lowest BCUT2D eigenvalue weighted by Gasteiger charge is -2.19. The molecular formula is C20H24N4O4. The van der Waals surface area contributed by atoms with E-state index in [2.05, 4.69) is 15.1 Å². The summed E-state index contributed by atoms with van der Waals surface area (Å²) in [5, 5.41) is 15.3. The molecule has 3 aromatic rings. The number of hydrogen-bond donors (Lipinski definition) is 1. The number of methoxy groups -OCH3 is 1. The van der Waals surface area contributed by atoms with Gasteiger partial charge >= 0.3 is 12.0 Å². The molecule has 0 saturated carbocycles. The number of benzene rings is 1. The molecule has 8 nitrogen and oxygen atoms in total. The molecule has 0 aliphatic heterocycles. The normalized spacial score (nSPS) is 12.8. The molecule has 0 aliphatic carbocycles. The van der Waals surface area contributed by atoms with Crippen LogP contribution in [0.25, 0.3) is 22.0 Å². The standard InChI is InChI=1S/C20H24N4O4/c1-12(25)18-15-8-13(14-9-21-19(27-5)22-10-14)6-7-16(15)24(23-18)11-17(26)28-20(2,3)4/h6-10,12,25H,11H2,1-5H3. The van der Waals surface area contributed by atoms with Crippen molar-refractivity contribution in [3.63, 3.8) is 0 Å². The first-order valence-corrected chi connectivity index (χ1v) is 8.94. The summed E-state index contributed by atoms with van der Waals surface area (Å²) in [6.07, 6.45) is 2.55. The lowest BCUT2D eigenvalue weighted by Crippen LogP contribution is -2.26. The second-order valence-electron chi connectivity index (χ2n) is 7.50. The van der Waals surface area contributed by atoms with Crippen LogP contribution in [0.3, 0.4) is 0 Å². The average Bonchev–Trinajstić information content (AvgIpc) is 2.98. The maximum Gasteiger partial charge on any atom is 0.328 e. The van der Waals surface area contributed by atoms with E-state index < -0.39 is 11.7 Å². The predicted octanol–water partition coefficient (Wildman–Crippen LogP) is 2.90. The van der Waals surface area contributed by atoms with Gasteiger partial charge in [-0.15, -0.1) is 0 Å². The molecule has 0 aliphatic rings. The molecule has 0 bridgehead atoms. The average molecular weight is 384 g/mol. The van der Waals surface area contributed by atoms with E-state index >= 15 is 0 Å². The molecule has 3 rings (SSSR count). The molecular weight excluding hydrogens is 360 g/mol. The van der Waals surface area contributed by atoms with E-state index in [9.17, 15) is 9.90 Å². The number of fused-ring (bicyclic) bond motifs is 1. The molecule has 1 N–H and O–H groups in total. The largest absolute Gasteiger partial charge is 0.467 e. The number of rotatable bonds is 5. The van der Waals surface area contributed by atoms with Gasteiger partial charge in [-0.25, -0.2) is 9.97 Å². The van der Waals surface area contributed by atoms with Gasteiger partial charge < -0.3 is 14.6 Å². The van der Waals surface area contributed by atoms with Crippen molar-refractivity contribution in [1.29, 1.82) is 0 Å². The molecule has 28 heavy (non-hydrogen) atoms. The van der Waals surface area contributed by atoms with Crippen LogP contribution in [0.2, 0.25) is 0 Å². The fraction of sp³-hybridized carbons (Fsp3) is 0.400. The summed E-state index contributed by atoms with van der Waals surface area (Å²) in [6, 6.07) is 5.95. The molecule has 2 heterocycles. The van der Waals surface area contributed by atoms with Gasteiger partial charge in [0.2, 0.25) is 0 Å². The Labute approximate surface area is 163 Å². The van der Waals surface area contributed by atoms with Crippen LogP contribution >= 0.6 is 0 Å². The molecule has 0 amide bonds. The third-order valence-corrected chi connectivity index (χ3v) is 4.02. The molecule has 0 saturated heterocycles. The van der Waals surface area contributed by atoms with Crippen molar-refractivity contribution in [2.24, 2.45) is 0 Å². The first-order valence-electron chi connectivity index (χ1n) is 8.94. The van der Waals surface area contributed by atoms with Gasteiger partial charge in [-0.05, 0) is 45.4 Å². The predicted molar refractivity (Wildman–Crippen MR) is 104 cm³/mol. The number of esters is 1. The van der Waals surface area contributed by atoms with Crippen LogP contribution in [0.15, 0.2) is 30.6 Å². The van der Waals surface area contributed by atoms with Crippen LogP contribution in [0, 0.1) is 0 Å². The monoisotopic (exact) mass is 384 g/mol. The Kier molecular flexibility index (Phi) is 5.33. The number of carbonyl (C=O) groups excluding carboxylic acids is 1. The summed E-state index contributed by atoms with van der Waals surface area (Å²) in [4.78, 5) is 20.5. The fourth-order valence-electron chi connectivity index (χ4n) is 2.88. The highest BCUT2D eigenvalue weighted by atomic mass is 16.6. The maximum absolute atomic E-state index is 12.2. The summed E-state index contributed by atoms with van der Waals surface area (Å²) < 4.78 is 11.9. The molecule has 1 aromatic carbocycles. The minimum atomic E-state index is -0.787. The zero-order valence-electron chi connectivity index (χ0n) is 16.6. The molecule has 148 valence electrons. The topological polar surface area (TPSA) is 99.4 Å². The van der Waals surface area contributed by atoms with E-state index in [0.717, 1.165) is 22.0 Å². The zero-order chi connectivity index (χ0) is 20.5. The number of hydrogen-bond acceptors (Lipinski definition) is 7. The van der Waals surface area contributed by atoms with Gasteiger partial charge in [-0.2, -0.15) is 5.10 Å². The molecule has 2 aromatic heterocycles. The Morgan fingerprint density at radius 2 is 1.89 bits per heavy atom. The van der Waals surface area contributed by atoms with Gasteiger partial charge in [0.05, 0.1) is 24.4 Å². The van der Waals surface area contributed by atoms with Crippen molar-refractivity contribution < 1.29 is 19.4 Å². The Balaban J connectivity index is 2.00. The van der Waals surface area contributed by atoms with Crippen LogP contribution < -0.4 is 4.74 Å². The Morgan fingerprint density at radius 1 is 1.21 bits per heavy atom. The summed E-state index contributed by atoms with van der Waals surface area (Å²) in [7, 11) is 1.51. The third-order valence-electron chi connectivity index (χ3n) is 4.02. The van der Waals surface area contributed by atoms with Gasteiger partial charge in [0, 0.05) is 23.3 Å². The van der Waals surface area contributed by atoms with Crippen molar-refractivity contribution in [1.82, 2.24) is 19.7 Å². The van der Waals surface area contributed by atoms with Crippen LogP contribution in [0.1, 0.15) is 39.5 Å². The third kappa shape index (κ3) is 4.28. The van der Waals surface area contributed by atoms with Crippen LogP contribution in [-0.2, 0) is 16.1 Å². The fourth-order valence-corrected chi connectivity index (χ4v) is 2.88. The number of aliphatic hydroxyl groups is 1. The van der Waals surface area contributed by atoms with E-state index in [1.165, 1.54) is 7.11 Å². The molecule has 8 heteroatoms. The minimum Gasteiger partial charge on any atom is -0.467 e. The van der Waals surface area contributed by atoms with Gasteiger partial charge in [0.1, 0.15) is 12.1 Å². The number of ether oxygens (including phenoxy) is 2. The van der Waals surface area contributed by atoms with Crippen LogP contribution in [0.5, 0.6) is 6.01 Å². The maximum atomic E-state index is 12.2. The van der Waals surface area contributed by atoms with Gasteiger partial charge in [0.25, 0.3) is 0 Å². The van der Waals surface area contributed by atoms with E-state index in [1.807, 2.05) is 39.0 Å². The second kappa shape index (κ2) is 7.55. The van der Waals surface area contributed by atoms with Gasteiger partial charge in [-0.3, -0.25) is 9.48 Å². The Bertz CT molecular complexity index is 988. The Hall–Kier alpha value is -3.00. The van der Waals surface area contributed by atoms with Crippen LogP contribution in [0.4, 0.5) is 0 Å². The summed E-state index contributed by atoms with van der Waals surface area (Å²) in [5.74, 6) is -0.387. The highest BCUT2D eigenvalue weighted by Gasteiger charge is 2.20. The van der Waals surface area contributed by atoms with Gasteiger partial charge in [0.15, 0.2) is 0 Å². The summed E-state index contributed by atoms with van der Waals surface area (Å²) in [5.41, 5.74) is 2.33. The second-order valence-corrected chi connectivity index (χ2v) is 7.50. The highest BCUT2D eigenvalue weighted by Crippen LogP contribution is 2.29. The van der Waals surface area contributed by atoms with E-state index in [-0.39, 0.29) is 12.5 Å². The van der Waals surface area contributed by atoms with Crippen molar-refractivity contribution in [3.05, 3.63) is 36.3 Å². The van der Waals surface area contributed by atoms with Crippen molar-refractivity contribution >= 4 is 16.9 Å². The molecule has 0 spiro atoms. The van der Waals surface area contributed by atoms with Crippen LogP contribution in [-0.4, -0.2) is 43.5 Å². The first kappa shape index (κ1) is 19.8. The summed E-state index contributed by atoms with van der Waals surface area (Å²) in [6.45, 7) is 7.05. The molecule has 1 atom stereocenters.